The smallest absolute Gasteiger partial charge is 0.255 e. The fraction of sp³-hybridized carbons (Fsp3) is 0.389. The molecule has 2 aromatic rings. The van der Waals surface area contributed by atoms with Crippen molar-refractivity contribution in [1.82, 2.24) is 14.9 Å². The van der Waals surface area contributed by atoms with E-state index in [4.69, 9.17) is 4.74 Å². The van der Waals surface area contributed by atoms with E-state index in [1.54, 1.807) is 24.8 Å². The van der Waals surface area contributed by atoms with Gasteiger partial charge < -0.3 is 14.5 Å². The van der Waals surface area contributed by atoms with Crippen LogP contribution in [0.4, 0.5) is 5.69 Å². The number of nitrogens with zero attached hydrogens (tertiary/aromatic N) is 4. The Morgan fingerprint density at radius 1 is 1.21 bits per heavy atom. The first-order chi connectivity index (χ1) is 11.7. The average Bonchev–Trinajstić information content (AvgIpc) is 2.67. The second-order valence-electron chi connectivity index (χ2n) is 5.86. The third kappa shape index (κ3) is 4.08. The highest BCUT2D eigenvalue weighted by atomic mass is 16.5. The summed E-state index contributed by atoms with van der Waals surface area (Å²) in [4.78, 5) is 24.8. The van der Waals surface area contributed by atoms with Gasteiger partial charge in [0.1, 0.15) is 0 Å². The summed E-state index contributed by atoms with van der Waals surface area (Å²) < 4.78 is 5.30. The first-order valence-electron chi connectivity index (χ1n) is 8.16. The zero-order chi connectivity index (χ0) is 16.8. The molecule has 6 nitrogen and oxygen atoms in total. The minimum Gasteiger partial charge on any atom is -0.378 e. The Balaban J connectivity index is 1.64. The van der Waals surface area contributed by atoms with Gasteiger partial charge in [0.2, 0.25) is 0 Å². The second kappa shape index (κ2) is 7.88. The van der Waals surface area contributed by atoms with Gasteiger partial charge in [-0.3, -0.25) is 14.8 Å². The zero-order valence-corrected chi connectivity index (χ0v) is 13.9. The van der Waals surface area contributed by atoms with Crippen LogP contribution in [0.2, 0.25) is 0 Å². The minimum atomic E-state index is 0.0233. The highest BCUT2D eigenvalue weighted by Crippen LogP contribution is 2.16. The number of amides is 1. The Bertz CT molecular complexity index is 672. The van der Waals surface area contributed by atoms with E-state index in [9.17, 15) is 4.79 Å². The van der Waals surface area contributed by atoms with Crippen LogP contribution >= 0.6 is 0 Å². The van der Waals surface area contributed by atoms with Gasteiger partial charge in [-0.25, -0.2) is 0 Å². The van der Waals surface area contributed by atoms with Gasteiger partial charge in [0.05, 0.1) is 30.7 Å². The normalized spacial score (nSPS) is 14.5. The number of hydrogen-bond acceptors (Lipinski definition) is 5. The third-order valence-electron chi connectivity index (χ3n) is 4.20. The predicted octanol–water partition coefficient (Wildman–Crippen LogP) is 1.63. The van der Waals surface area contributed by atoms with Crippen molar-refractivity contribution in [3.8, 4) is 0 Å². The topological polar surface area (TPSA) is 58.6 Å². The lowest BCUT2D eigenvalue weighted by Gasteiger charge is -2.27. The molecule has 6 heteroatoms. The highest BCUT2D eigenvalue weighted by molar-refractivity contribution is 5.94. The number of pyridine rings is 2. The lowest BCUT2D eigenvalue weighted by molar-refractivity contribution is 0.0302. The molecule has 0 saturated carbocycles. The number of hydrogen-bond donors (Lipinski definition) is 0. The van der Waals surface area contributed by atoms with Crippen molar-refractivity contribution in [2.24, 2.45) is 0 Å². The molecule has 3 rings (SSSR count). The van der Waals surface area contributed by atoms with Gasteiger partial charge in [-0.15, -0.1) is 0 Å². The standard InChI is InChI=1S/C18H22N4O2/c1-21(7-4-15-2-5-19-6-3-15)17-12-16(13-20-14-17)18(23)22-8-10-24-11-9-22/h2-3,5-6,12-14H,4,7-11H2,1H3. The van der Waals surface area contributed by atoms with Crippen LogP contribution in [-0.4, -0.2) is 60.7 Å². The minimum absolute atomic E-state index is 0.0233. The Morgan fingerprint density at radius 3 is 2.71 bits per heavy atom. The number of aromatic nitrogens is 2. The van der Waals surface area contributed by atoms with Crippen LogP contribution in [0.3, 0.4) is 0 Å². The van der Waals surface area contributed by atoms with Gasteiger partial charge in [-0.2, -0.15) is 0 Å². The number of anilines is 1. The first kappa shape index (κ1) is 16.4. The Labute approximate surface area is 142 Å². The largest absolute Gasteiger partial charge is 0.378 e. The van der Waals surface area contributed by atoms with Gasteiger partial charge in [0.15, 0.2) is 0 Å². The molecule has 1 aliphatic rings. The van der Waals surface area contributed by atoms with Crippen molar-refractivity contribution < 1.29 is 9.53 Å². The fourth-order valence-corrected chi connectivity index (χ4v) is 2.68. The van der Waals surface area contributed by atoms with E-state index in [1.165, 1.54) is 5.56 Å². The van der Waals surface area contributed by atoms with E-state index in [2.05, 4.69) is 14.9 Å². The molecule has 0 bridgehead atoms. The summed E-state index contributed by atoms with van der Waals surface area (Å²) in [5, 5.41) is 0. The number of rotatable bonds is 5. The van der Waals surface area contributed by atoms with Gasteiger partial charge in [-0.05, 0) is 30.2 Å². The predicted molar refractivity (Wildman–Crippen MR) is 92.2 cm³/mol. The number of ether oxygens (including phenoxy) is 1. The van der Waals surface area contributed by atoms with Crippen molar-refractivity contribution in [3.63, 3.8) is 0 Å². The van der Waals surface area contributed by atoms with Gasteiger partial charge in [0.25, 0.3) is 5.91 Å². The summed E-state index contributed by atoms with van der Waals surface area (Å²) >= 11 is 0. The molecule has 0 aromatic carbocycles. The number of likely N-dealkylation sites (N-methyl/N-ethyl adjacent to an activating group) is 1. The molecule has 0 spiro atoms. The van der Waals surface area contributed by atoms with E-state index >= 15 is 0 Å². The van der Waals surface area contributed by atoms with E-state index in [0.29, 0.717) is 31.9 Å². The van der Waals surface area contributed by atoms with Crippen LogP contribution in [-0.2, 0) is 11.2 Å². The maximum atomic E-state index is 12.6. The lowest BCUT2D eigenvalue weighted by atomic mass is 10.2. The van der Waals surface area contributed by atoms with E-state index in [1.807, 2.05) is 30.1 Å². The molecule has 0 aliphatic carbocycles. The second-order valence-corrected chi connectivity index (χ2v) is 5.86. The quantitative estimate of drug-likeness (QED) is 0.836. The molecule has 1 fully saturated rings. The summed E-state index contributed by atoms with van der Waals surface area (Å²) in [7, 11) is 2.02. The lowest BCUT2D eigenvalue weighted by Crippen LogP contribution is -2.40. The van der Waals surface area contributed by atoms with Crippen molar-refractivity contribution in [1.29, 1.82) is 0 Å². The average molecular weight is 326 g/mol. The molecule has 0 atom stereocenters. The molecule has 1 aliphatic heterocycles. The number of morpholine rings is 1. The third-order valence-corrected chi connectivity index (χ3v) is 4.20. The van der Waals surface area contributed by atoms with Crippen molar-refractivity contribution >= 4 is 11.6 Å². The number of carbonyl (C=O) groups is 1. The van der Waals surface area contributed by atoms with Crippen LogP contribution in [0.5, 0.6) is 0 Å². The zero-order valence-electron chi connectivity index (χ0n) is 13.9. The van der Waals surface area contributed by atoms with Crippen molar-refractivity contribution in [2.75, 3.05) is 44.8 Å². The van der Waals surface area contributed by atoms with E-state index in [-0.39, 0.29) is 5.91 Å². The molecule has 0 unspecified atom stereocenters. The SMILES string of the molecule is CN(CCc1ccncc1)c1cncc(C(=O)N2CCOCC2)c1. The fourth-order valence-electron chi connectivity index (χ4n) is 2.68. The molecule has 0 N–H and O–H groups in total. The Hall–Kier alpha value is -2.47. The maximum absolute atomic E-state index is 12.6. The highest BCUT2D eigenvalue weighted by Gasteiger charge is 2.19. The monoisotopic (exact) mass is 326 g/mol. The molecule has 3 heterocycles. The van der Waals surface area contributed by atoms with Gasteiger partial charge in [0, 0.05) is 45.3 Å². The van der Waals surface area contributed by atoms with E-state index in [0.717, 1.165) is 18.7 Å². The first-order valence-corrected chi connectivity index (χ1v) is 8.16. The van der Waals surface area contributed by atoms with Crippen molar-refractivity contribution in [3.05, 3.63) is 54.1 Å². The number of carbonyl (C=O) groups excluding carboxylic acids is 1. The van der Waals surface area contributed by atoms with Crippen LogP contribution < -0.4 is 4.90 Å². The summed E-state index contributed by atoms with van der Waals surface area (Å²) in [6.45, 7) is 3.33. The molecular formula is C18H22N4O2. The molecule has 0 radical (unpaired) electrons. The summed E-state index contributed by atoms with van der Waals surface area (Å²) in [6, 6.07) is 5.95. The van der Waals surface area contributed by atoms with Crippen molar-refractivity contribution in [2.45, 2.75) is 6.42 Å². The summed E-state index contributed by atoms with van der Waals surface area (Å²) in [5.74, 6) is 0.0233. The molecule has 1 amide bonds. The summed E-state index contributed by atoms with van der Waals surface area (Å²) in [5.41, 5.74) is 2.82. The Morgan fingerprint density at radius 2 is 1.96 bits per heavy atom. The Kier molecular flexibility index (Phi) is 5.38. The maximum Gasteiger partial charge on any atom is 0.255 e. The molecule has 126 valence electrons. The van der Waals surface area contributed by atoms with E-state index < -0.39 is 0 Å². The van der Waals surface area contributed by atoms with Crippen LogP contribution in [0.1, 0.15) is 15.9 Å². The van der Waals surface area contributed by atoms with Crippen LogP contribution in [0.25, 0.3) is 0 Å². The van der Waals surface area contributed by atoms with Gasteiger partial charge in [-0.1, -0.05) is 0 Å². The van der Waals surface area contributed by atoms with Gasteiger partial charge >= 0.3 is 0 Å². The molecular weight excluding hydrogens is 304 g/mol. The molecule has 1 saturated heterocycles. The molecule has 24 heavy (non-hydrogen) atoms. The molecule has 2 aromatic heterocycles. The van der Waals surface area contributed by atoms with Crippen LogP contribution in [0, 0.1) is 0 Å². The van der Waals surface area contributed by atoms with Crippen LogP contribution in [0.15, 0.2) is 43.0 Å². The summed E-state index contributed by atoms with van der Waals surface area (Å²) in [6.07, 6.45) is 7.96.